The minimum Gasteiger partial charge on any atom is -0.490 e. The molecule has 3 aromatic rings. The van der Waals surface area contributed by atoms with Crippen LogP contribution in [-0.2, 0) is 6.54 Å². The number of ether oxygens (including phenoxy) is 2. The molecule has 0 saturated carbocycles. The summed E-state index contributed by atoms with van der Waals surface area (Å²) in [6.45, 7) is 2.99. The SMILES string of the molecule is O=c1[nH]c(CN2CCC[C@@H]2c2ccc3c(c2)OCCCO3)nc2ccccc12. The molecule has 6 heteroatoms. The monoisotopic (exact) mass is 377 g/mol. The lowest BCUT2D eigenvalue weighted by atomic mass is 10.0. The van der Waals surface area contributed by atoms with Gasteiger partial charge >= 0.3 is 0 Å². The molecule has 1 N–H and O–H groups in total. The Morgan fingerprint density at radius 2 is 1.93 bits per heavy atom. The zero-order chi connectivity index (χ0) is 18.9. The molecule has 2 aromatic carbocycles. The molecule has 2 aliphatic heterocycles. The average molecular weight is 377 g/mol. The molecule has 0 aliphatic carbocycles. The number of para-hydroxylation sites is 1. The van der Waals surface area contributed by atoms with Crippen LogP contribution in [-0.4, -0.2) is 34.6 Å². The van der Waals surface area contributed by atoms with Crippen molar-refractivity contribution in [3.05, 3.63) is 64.2 Å². The first kappa shape index (κ1) is 17.3. The summed E-state index contributed by atoms with van der Waals surface area (Å²) in [5.41, 5.74) is 1.89. The van der Waals surface area contributed by atoms with Crippen LogP contribution in [0.1, 0.15) is 36.7 Å². The highest BCUT2D eigenvalue weighted by Gasteiger charge is 2.28. The highest BCUT2D eigenvalue weighted by molar-refractivity contribution is 5.77. The lowest BCUT2D eigenvalue weighted by Crippen LogP contribution is -2.25. The first-order valence-electron chi connectivity index (χ1n) is 9.89. The molecule has 0 spiro atoms. The average Bonchev–Trinajstić information content (AvgIpc) is 3.03. The number of nitrogens with one attached hydrogen (secondary N) is 1. The number of H-pyrrole nitrogens is 1. The van der Waals surface area contributed by atoms with Crippen LogP contribution in [0.3, 0.4) is 0 Å². The van der Waals surface area contributed by atoms with Crippen LogP contribution in [0.5, 0.6) is 11.5 Å². The highest BCUT2D eigenvalue weighted by Crippen LogP contribution is 2.38. The van der Waals surface area contributed by atoms with Crippen LogP contribution in [0.4, 0.5) is 0 Å². The maximum atomic E-state index is 12.4. The summed E-state index contributed by atoms with van der Waals surface area (Å²) in [4.78, 5) is 22.4. The van der Waals surface area contributed by atoms with Crippen molar-refractivity contribution in [2.75, 3.05) is 19.8 Å². The number of aromatic amines is 1. The molecule has 0 amide bonds. The van der Waals surface area contributed by atoms with E-state index in [1.807, 2.05) is 24.3 Å². The number of aromatic nitrogens is 2. The van der Waals surface area contributed by atoms with Crippen LogP contribution in [0, 0.1) is 0 Å². The lowest BCUT2D eigenvalue weighted by Gasteiger charge is -2.25. The van der Waals surface area contributed by atoms with Crippen molar-refractivity contribution in [2.24, 2.45) is 0 Å². The molecular weight excluding hydrogens is 354 g/mol. The van der Waals surface area contributed by atoms with E-state index in [4.69, 9.17) is 9.47 Å². The second-order valence-corrected chi connectivity index (χ2v) is 7.41. The van der Waals surface area contributed by atoms with Gasteiger partial charge in [0.05, 0.1) is 30.7 Å². The molecule has 0 bridgehead atoms. The smallest absolute Gasteiger partial charge is 0.258 e. The largest absolute Gasteiger partial charge is 0.490 e. The highest BCUT2D eigenvalue weighted by atomic mass is 16.5. The minimum atomic E-state index is -0.0769. The third kappa shape index (κ3) is 3.24. The van der Waals surface area contributed by atoms with E-state index in [0.29, 0.717) is 31.0 Å². The van der Waals surface area contributed by atoms with Gasteiger partial charge < -0.3 is 14.5 Å². The minimum absolute atomic E-state index is 0.0769. The number of likely N-dealkylation sites (tertiary alicyclic amines) is 1. The number of nitrogens with zero attached hydrogens (tertiary/aromatic N) is 2. The van der Waals surface area contributed by atoms with Crippen molar-refractivity contribution < 1.29 is 9.47 Å². The summed E-state index contributed by atoms with van der Waals surface area (Å²) in [5.74, 6) is 2.37. The number of hydrogen-bond acceptors (Lipinski definition) is 5. The Morgan fingerprint density at radius 3 is 2.86 bits per heavy atom. The Kier molecular flexibility index (Phi) is 4.49. The molecule has 1 aromatic heterocycles. The van der Waals surface area contributed by atoms with Gasteiger partial charge in [0.2, 0.25) is 0 Å². The third-order valence-electron chi connectivity index (χ3n) is 5.53. The van der Waals surface area contributed by atoms with E-state index in [1.165, 1.54) is 5.56 Å². The van der Waals surface area contributed by atoms with E-state index in [9.17, 15) is 4.79 Å². The van der Waals surface area contributed by atoms with E-state index >= 15 is 0 Å². The molecule has 5 rings (SSSR count). The fourth-order valence-electron chi connectivity index (χ4n) is 4.18. The molecule has 1 fully saturated rings. The van der Waals surface area contributed by atoms with Crippen LogP contribution in [0.15, 0.2) is 47.3 Å². The van der Waals surface area contributed by atoms with Crippen LogP contribution >= 0.6 is 0 Å². The second-order valence-electron chi connectivity index (χ2n) is 7.41. The van der Waals surface area contributed by atoms with Gasteiger partial charge in [-0.2, -0.15) is 0 Å². The zero-order valence-corrected chi connectivity index (χ0v) is 15.7. The second kappa shape index (κ2) is 7.28. The van der Waals surface area contributed by atoms with Gasteiger partial charge in [0.1, 0.15) is 5.82 Å². The number of hydrogen-bond donors (Lipinski definition) is 1. The van der Waals surface area contributed by atoms with Crippen molar-refractivity contribution >= 4 is 10.9 Å². The summed E-state index contributed by atoms with van der Waals surface area (Å²) in [7, 11) is 0. The standard InChI is InChI=1S/C22H23N3O3/c26-22-16-5-1-2-6-17(16)23-21(24-22)14-25-10-3-7-18(25)15-8-9-19-20(13-15)28-12-4-11-27-19/h1-2,5-6,8-9,13,18H,3-4,7,10-12,14H2,(H,23,24,26)/t18-/m1/s1. The number of fused-ring (bicyclic) bond motifs is 2. The van der Waals surface area contributed by atoms with E-state index in [-0.39, 0.29) is 11.6 Å². The predicted octanol–water partition coefficient (Wildman–Crippen LogP) is 3.42. The molecule has 28 heavy (non-hydrogen) atoms. The predicted molar refractivity (Wildman–Crippen MR) is 107 cm³/mol. The van der Waals surface area contributed by atoms with Crippen LogP contribution in [0.2, 0.25) is 0 Å². The topological polar surface area (TPSA) is 67.5 Å². The van der Waals surface area contributed by atoms with E-state index < -0.39 is 0 Å². The summed E-state index contributed by atoms with van der Waals surface area (Å²) < 4.78 is 11.6. The van der Waals surface area contributed by atoms with Crippen molar-refractivity contribution in [2.45, 2.75) is 31.8 Å². The van der Waals surface area contributed by atoms with Gasteiger partial charge in [-0.3, -0.25) is 9.69 Å². The summed E-state index contributed by atoms with van der Waals surface area (Å²) in [5, 5.41) is 0.632. The quantitative estimate of drug-likeness (QED) is 0.758. The normalized spacial score (nSPS) is 19.6. The molecular formula is C22H23N3O3. The van der Waals surface area contributed by atoms with Crippen LogP contribution < -0.4 is 15.0 Å². The van der Waals surface area contributed by atoms with Crippen molar-refractivity contribution in [1.82, 2.24) is 14.9 Å². The first-order valence-corrected chi connectivity index (χ1v) is 9.89. The molecule has 1 atom stereocenters. The Hall–Kier alpha value is -2.86. The summed E-state index contributed by atoms with van der Waals surface area (Å²) in [6, 6.07) is 14.0. The lowest BCUT2D eigenvalue weighted by molar-refractivity contribution is 0.241. The Bertz CT molecular complexity index is 1060. The Morgan fingerprint density at radius 1 is 1.07 bits per heavy atom. The van der Waals surface area contributed by atoms with E-state index in [0.717, 1.165) is 42.8 Å². The van der Waals surface area contributed by atoms with Gasteiger partial charge in [-0.25, -0.2) is 4.98 Å². The van der Waals surface area contributed by atoms with Crippen LogP contribution in [0.25, 0.3) is 10.9 Å². The van der Waals surface area contributed by atoms with E-state index in [1.54, 1.807) is 6.07 Å². The maximum Gasteiger partial charge on any atom is 0.258 e. The molecule has 0 unspecified atom stereocenters. The van der Waals surface area contributed by atoms with Gasteiger partial charge in [0.25, 0.3) is 5.56 Å². The van der Waals surface area contributed by atoms with Crippen molar-refractivity contribution in [3.8, 4) is 11.5 Å². The van der Waals surface area contributed by atoms with E-state index in [2.05, 4.69) is 27.0 Å². The molecule has 3 heterocycles. The third-order valence-corrected chi connectivity index (χ3v) is 5.53. The molecule has 144 valence electrons. The van der Waals surface area contributed by atoms with Gasteiger partial charge in [-0.05, 0) is 49.2 Å². The Labute approximate surface area is 163 Å². The molecule has 0 radical (unpaired) electrons. The first-order chi connectivity index (χ1) is 13.8. The Balaban J connectivity index is 1.42. The van der Waals surface area contributed by atoms with Gasteiger partial charge in [0.15, 0.2) is 11.5 Å². The fraction of sp³-hybridized carbons (Fsp3) is 0.364. The zero-order valence-electron chi connectivity index (χ0n) is 15.7. The summed E-state index contributed by atoms with van der Waals surface area (Å²) >= 11 is 0. The molecule has 2 aliphatic rings. The summed E-state index contributed by atoms with van der Waals surface area (Å²) in [6.07, 6.45) is 3.11. The van der Waals surface area contributed by atoms with Crippen molar-refractivity contribution in [3.63, 3.8) is 0 Å². The maximum absolute atomic E-state index is 12.4. The fourth-order valence-corrected chi connectivity index (χ4v) is 4.18. The molecule has 6 nitrogen and oxygen atoms in total. The van der Waals surface area contributed by atoms with Gasteiger partial charge in [-0.1, -0.05) is 18.2 Å². The molecule has 1 saturated heterocycles. The van der Waals surface area contributed by atoms with Crippen molar-refractivity contribution in [1.29, 1.82) is 0 Å². The number of rotatable bonds is 3. The van der Waals surface area contributed by atoms with Gasteiger partial charge in [0, 0.05) is 12.5 Å². The van der Waals surface area contributed by atoms with Gasteiger partial charge in [-0.15, -0.1) is 0 Å². The number of benzene rings is 2.